The highest BCUT2D eigenvalue weighted by Crippen LogP contribution is 2.42. The van der Waals surface area contributed by atoms with Gasteiger partial charge in [0.05, 0.1) is 5.60 Å². The Balaban J connectivity index is 1.24. The fraction of sp³-hybridized carbons (Fsp3) is 0.789. The summed E-state index contributed by atoms with van der Waals surface area (Å²) in [5.41, 5.74) is 0.162. The second-order valence-electron chi connectivity index (χ2n) is 7.56. The second kappa shape index (κ2) is 7.22. The van der Waals surface area contributed by atoms with Gasteiger partial charge in [0.1, 0.15) is 0 Å². The molecule has 3 nitrogen and oxygen atoms in total. The molecule has 4 heteroatoms. The Morgan fingerprint density at radius 3 is 2.87 bits per heavy atom. The van der Waals surface area contributed by atoms with E-state index in [1.165, 1.54) is 56.5 Å². The third kappa shape index (κ3) is 3.98. The van der Waals surface area contributed by atoms with Crippen molar-refractivity contribution in [3.05, 3.63) is 22.4 Å². The van der Waals surface area contributed by atoms with E-state index in [9.17, 15) is 0 Å². The number of hydrogen-bond acceptors (Lipinski definition) is 4. The summed E-state index contributed by atoms with van der Waals surface area (Å²) in [7, 11) is 0. The molecule has 0 aromatic carbocycles. The summed E-state index contributed by atoms with van der Waals surface area (Å²) in [5, 5.41) is 2.18. The molecule has 0 N–H and O–H groups in total. The summed E-state index contributed by atoms with van der Waals surface area (Å²) in [5.74, 6) is 1.59. The Labute approximate surface area is 144 Å². The molecule has 3 aliphatic rings. The summed E-state index contributed by atoms with van der Waals surface area (Å²) in [6.45, 7) is 6.36. The summed E-state index contributed by atoms with van der Waals surface area (Å²) in [6, 6.07) is 4.41. The lowest BCUT2D eigenvalue weighted by Crippen LogP contribution is -2.47. The smallest absolute Gasteiger partial charge is 0.0736 e. The molecule has 0 amide bonds. The van der Waals surface area contributed by atoms with Crippen molar-refractivity contribution in [2.75, 3.05) is 32.9 Å². The highest BCUT2D eigenvalue weighted by atomic mass is 32.1. The van der Waals surface area contributed by atoms with Gasteiger partial charge in [0.15, 0.2) is 0 Å². The van der Waals surface area contributed by atoms with Gasteiger partial charge >= 0.3 is 0 Å². The highest BCUT2D eigenvalue weighted by molar-refractivity contribution is 7.09. The van der Waals surface area contributed by atoms with Crippen LogP contribution in [0.5, 0.6) is 0 Å². The van der Waals surface area contributed by atoms with Crippen molar-refractivity contribution in [1.29, 1.82) is 0 Å². The number of nitrogens with zero attached hydrogens (tertiary/aromatic N) is 1. The molecule has 1 saturated carbocycles. The SMILES string of the molecule is c1csc(CN2CCC3(CC2)OCC[C@H]3CCOCC2CC2)c1. The van der Waals surface area contributed by atoms with Crippen molar-refractivity contribution < 1.29 is 9.47 Å². The van der Waals surface area contributed by atoms with Crippen LogP contribution in [0.3, 0.4) is 0 Å². The van der Waals surface area contributed by atoms with Gasteiger partial charge in [0.2, 0.25) is 0 Å². The van der Waals surface area contributed by atoms with Crippen LogP contribution in [0.1, 0.15) is 43.4 Å². The molecular formula is C19H29NO2S. The first-order valence-corrected chi connectivity index (χ1v) is 10.2. The molecular weight excluding hydrogens is 306 g/mol. The number of likely N-dealkylation sites (tertiary alicyclic amines) is 1. The van der Waals surface area contributed by atoms with E-state index in [1.54, 1.807) is 0 Å². The molecule has 0 bridgehead atoms. The zero-order valence-corrected chi connectivity index (χ0v) is 14.9. The van der Waals surface area contributed by atoms with E-state index >= 15 is 0 Å². The zero-order chi connectivity index (χ0) is 15.5. The maximum absolute atomic E-state index is 6.29. The monoisotopic (exact) mass is 335 g/mol. The first kappa shape index (κ1) is 16.1. The molecule has 3 heterocycles. The Kier molecular flexibility index (Phi) is 5.04. The van der Waals surface area contributed by atoms with Crippen molar-refractivity contribution in [2.24, 2.45) is 11.8 Å². The van der Waals surface area contributed by atoms with Crippen molar-refractivity contribution in [3.8, 4) is 0 Å². The van der Waals surface area contributed by atoms with Gasteiger partial charge in [-0.3, -0.25) is 4.90 Å². The minimum atomic E-state index is 0.162. The van der Waals surface area contributed by atoms with Crippen molar-refractivity contribution in [1.82, 2.24) is 4.90 Å². The van der Waals surface area contributed by atoms with Crippen LogP contribution in [-0.2, 0) is 16.0 Å². The molecule has 128 valence electrons. The largest absolute Gasteiger partial charge is 0.381 e. The Bertz CT molecular complexity index is 478. The van der Waals surface area contributed by atoms with E-state index < -0.39 is 0 Å². The molecule has 1 aromatic heterocycles. The predicted octanol–water partition coefficient (Wildman–Crippen LogP) is 3.94. The maximum atomic E-state index is 6.29. The second-order valence-corrected chi connectivity index (χ2v) is 8.59. The first-order chi connectivity index (χ1) is 11.3. The number of piperidine rings is 1. The van der Waals surface area contributed by atoms with Crippen LogP contribution in [-0.4, -0.2) is 43.4 Å². The van der Waals surface area contributed by atoms with Crippen LogP contribution >= 0.6 is 11.3 Å². The Hall–Kier alpha value is -0.420. The first-order valence-electron chi connectivity index (χ1n) is 9.30. The van der Waals surface area contributed by atoms with Gasteiger partial charge in [0.25, 0.3) is 0 Å². The third-order valence-corrected chi connectivity index (χ3v) is 6.78. The van der Waals surface area contributed by atoms with Crippen molar-refractivity contribution in [2.45, 2.75) is 50.7 Å². The number of thiophene rings is 1. The number of ether oxygens (including phenoxy) is 2. The van der Waals surface area contributed by atoms with E-state index in [-0.39, 0.29) is 5.60 Å². The van der Waals surface area contributed by atoms with E-state index in [2.05, 4.69) is 22.4 Å². The van der Waals surface area contributed by atoms with Gasteiger partial charge in [0, 0.05) is 44.3 Å². The van der Waals surface area contributed by atoms with Crippen LogP contribution in [0.25, 0.3) is 0 Å². The Morgan fingerprint density at radius 2 is 2.13 bits per heavy atom. The Morgan fingerprint density at radius 1 is 1.26 bits per heavy atom. The van der Waals surface area contributed by atoms with Gasteiger partial charge in [-0.1, -0.05) is 6.07 Å². The zero-order valence-electron chi connectivity index (χ0n) is 14.0. The molecule has 4 rings (SSSR count). The topological polar surface area (TPSA) is 21.7 Å². The minimum absolute atomic E-state index is 0.162. The lowest BCUT2D eigenvalue weighted by atomic mass is 9.78. The van der Waals surface area contributed by atoms with Gasteiger partial charge < -0.3 is 9.47 Å². The average molecular weight is 336 g/mol. The number of rotatable bonds is 7. The molecule has 1 aromatic rings. The standard InChI is InChI=1S/C19H29NO2S/c1-2-18(23-13-1)14-20-9-7-19(8-10-20)17(6-12-22-19)5-11-21-15-16-3-4-16/h1-2,13,16-17H,3-12,14-15H2/t17-/m1/s1. The van der Waals surface area contributed by atoms with Crippen molar-refractivity contribution in [3.63, 3.8) is 0 Å². The predicted molar refractivity (Wildman–Crippen MR) is 93.8 cm³/mol. The molecule has 0 radical (unpaired) electrons. The van der Waals surface area contributed by atoms with Crippen LogP contribution in [0.2, 0.25) is 0 Å². The summed E-state index contributed by atoms with van der Waals surface area (Å²) in [4.78, 5) is 4.08. The van der Waals surface area contributed by atoms with E-state index in [0.717, 1.165) is 32.3 Å². The molecule has 2 saturated heterocycles. The highest BCUT2D eigenvalue weighted by Gasteiger charge is 2.45. The third-order valence-electron chi connectivity index (χ3n) is 5.92. The quantitative estimate of drug-likeness (QED) is 0.705. The molecule has 23 heavy (non-hydrogen) atoms. The molecule has 1 aliphatic carbocycles. The van der Waals surface area contributed by atoms with Crippen molar-refractivity contribution >= 4 is 11.3 Å². The minimum Gasteiger partial charge on any atom is -0.381 e. The van der Waals surface area contributed by atoms with Crippen LogP contribution in [0, 0.1) is 11.8 Å². The van der Waals surface area contributed by atoms with Gasteiger partial charge in [-0.15, -0.1) is 11.3 Å². The molecule has 1 spiro atoms. The molecule has 3 fully saturated rings. The van der Waals surface area contributed by atoms with Crippen LogP contribution in [0.15, 0.2) is 17.5 Å². The normalized spacial score (nSPS) is 27.7. The van der Waals surface area contributed by atoms with Gasteiger partial charge in [-0.2, -0.15) is 0 Å². The van der Waals surface area contributed by atoms with E-state index in [1.807, 2.05) is 11.3 Å². The molecule has 2 aliphatic heterocycles. The van der Waals surface area contributed by atoms with E-state index in [0.29, 0.717) is 5.92 Å². The fourth-order valence-corrected chi connectivity index (χ4v) is 4.96. The lowest BCUT2D eigenvalue weighted by molar-refractivity contribution is -0.0730. The summed E-state index contributed by atoms with van der Waals surface area (Å²) < 4.78 is 12.2. The van der Waals surface area contributed by atoms with E-state index in [4.69, 9.17) is 9.47 Å². The average Bonchev–Trinajstić information content (AvgIpc) is 3.10. The summed E-state index contributed by atoms with van der Waals surface area (Å²) >= 11 is 1.87. The molecule has 1 atom stereocenters. The number of hydrogen-bond donors (Lipinski definition) is 0. The van der Waals surface area contributed by atoms with Gasteiger partial charge in [-0.05, 0) is 61.8 Å². The van der Waals surface area contributed by atoms with Crippen LogP contribution < -0.4 is 0 Å². The van der Waals surface area contributed by atoms with Gasteiger partial charge in [-0.25, -0.2) is 0 Å². The lowest BCUT2D eigenvalue weighted by Gasteiger charge is -2.42. The fourth-order valence-electron chi connectivity index (χ4n) is 4.22. The maximum Gasteiger partial charge on any atom is 0.0736 e. The van der Waals surface area contributed by atoms with Crippen LogP contribution in [0.4, 0.5) is 0 Å². The molecule has 0 unspecified atom stereocenters. The summed E-state index contributed by atoms with van der Waals surface area (Å²) in [6.07, 6.45) is 7.60.